The summed E-state index contributed by atoms with van der Waals surface area (Å²) in [7, 11) is 1.88. The van der Waals surface area contributed by atoms with Crippen LogP contribution in [0.4, 0.5) is 0 Å². The molecule has 18 heavy (non-hydrogen) atoms. The molecule has 0 radical (unpaired) electrons. The summed E-state index contributed by atoms with van der Waals surface area (Å²) in [5.74, 6) is 0. The molecule has 0 bridgehead atoms. The van der Waals surface area contributed by atoms with E-state index in [2.05, 4.69) is 17.7 Å². The van der Waals surface area contributed by atoms with Crippen molar-refractivity contribution < 1.29 is 0 Å². The van der Waals surface area contributed by atoms with Crippen LogP contribution in [0.3, 0.4) is 0 Å². The van der Waals surface area contributed by atoms with Crippen molar-refractivity contribution in [1.82, 2.24) is 9.78 Å². The molecular formula is C15H15N3. The lowest BCUT2D eigenvalue weighted by Gasteiger charge is -2.06. The number of nitrogens with zero attached hydrogens (tertiary/aromatic N) is 3. The van der Waals surface area contributed by atoms with Crippen LogP contribution in [0, 0.1) is 18.3 Å². The highest BCUT2D eigenvalue weighted by Gasteiger charge is 2.11. The topological polar surface area (TPSA) is 41.6 Å². The van der Waals surface area contributed by atoms with Crippen LogP contribution < -0.4 is 0 Å². The van der Waals surface area contributed by atoms with Crippen LogP contribution in [-0.4, -0.2) is 9.78 Å². The van der Waals surface area contributed by atoms with Crippen molar-refractivity contribution in [2.24, 2.45) is 7.05 Å². The van der Waals surface area contributed by atoms with Gasteiger partial charge < -0.3 is 0 Å². The maximum absolute atomic E-state index is 9.21. The van der Waals surface area contributed by atoms with Crippen LogP contribution in [0.25, 0.3) is 16.7 Å². The molecule has 0 saturated heterocycles. The minimum absolute atomic E-state index is 0.663. The van der Waals surface area contributed by atoms with Gasteiger partial charge in [0.15, 0.2) is 0 Å². The smallest absolute Gasteiger partial charge is 0.0998 e. The molecular weight excluding hydrogens is 222 g/mol. The highest BCUT2D eigenvalue weighted by Crippen LogP contribution is 2.28. The number of aryl methyl sites for hydroxylation is 2. The van der Waals surface area contributed by atoms with E-state index in [0.29, 0.717) is 5.56 Å². The van der Waals surface area contributed by atoms with Crippen LogP contribution in [0.5, 0.6) is 0 Å². The molecule has 2 aromatic rings. The van der Waals surface area contributed by atoms with Gasteiger partial charge in [0.25, 0.3) is 0 Å². The van der Waals surface area contributed by atoms with Crippen molar-refractivity contribution in [2.75, 3.05) is 0 Å². The highest BCUT2D eigenvalue weighted by atomic mass is 15.2. The Balaban J connectivity index is 2.68. The van der Waals surface area contributed by atoms with Gasteiger partial charge in [-0.15, -0.1) is 0 Å². The SMILES string of the molecule is C=C(C)c1ccc(C#N)c(-c2cn(C)nc2C)c1. The largest absolute Gasteiger partial charge is 0.275 e. The summed E-state index contributed by atoms with van der Waals surface area (Å²) in [4.78, 5) is 0. The monoisotopic (exact) mass is 237 g/mol. The molecule has 2 rings (SSSR count). The summed E-state index contributed by atoms with van der Waals surface area (Å²) in [6.07, 6.45) is 1.94. The molecule has 0 aliphatic carbocycles. The average Bonchev–Trinajstić information content (AvgIpc) is 2.67. The molecule has 0 fully saturated rings. The van der Waals surface area contributed by atoms with Crippen molar-refractivity contribution in [3.05, 3.63) is 47.8 Å². The van der Waals surface area contributed by atoms with Gasteiger partial charge in [-0.05, 0) is 31.5 Å². The van der Waals surface area contributed by atoms with Gasteiger partial charge in [-0.25, -0.2) is 0 Å². The maximum atomic E-state index is 9.21. The summed E-state index contributed by atoms with van der Waals surface area (Å²) in [5, 5.41) is 13.5. The minimum Gasteiger partial charge on any atom is -0.275 e. The highest BCUT2D eigenvalue weighted by molar-refractivity contribution is 5.76. The Morgan fingerprint density at radius 3 is 2.61 bits per heavy atom. The second-order valence-corrected chi connectivity index (χ2v) is 4.45. The zero-order valence-corrected chi connectivity index (χ0v) is 10.9. The van der Waals surface area contributed by atoms with Gasteiger partial charge in [0.1, 0.15) is 0 Å². The van der Waals surface area contributed by atoms with Gasteiger partial charge >= 0.3 is 0 Å². The van der Waals surface area contributed by atoms with E-state index in [0.717, 1.165) is 28.0 Å². The van der Waals surface area contributed by atoms with Gasteiger partial charge in [-0.3, -0.25) is 4.68 Å². The van der Waals surface area contributed by atoms with E-state index in [9.17, 15) is 5.26 Å². The van der Waals surface area contributed by atoms with Gasteiger partial charge in [0.05, 0.1) is 17.3 Å². The number of hydrogen-bond donors (Lipinski definition) is 0. The average molecular weight is 237 g/mol. The third-order valence-corrected chi connectivity index (χ3v) is 2.94. The fourth-order valence-corrected chi connectivity index (χ4v) is 1.99. The predicted octanol–water partition coefficient (Wildman–Crippen LogP) is 3.30. The van der Waals surface area contributed by atoms with E-state index in [1.54, 1.807) is 4.68 Å². The first-order valence-electron chi connectivity index (χ1n) is 5.73. The second kappa shape index (κ2) is 4.50. The molecule has 1 aromatic carbocycles. The van der Waals surface area contributed by atoms with Crippen molar-refractivity contribution >= 4 is 5.57 Å². The fraction of sp³-hybridized carbons (Fsp3) is 0.200. The Labute approximate surface area is 107 Å². The molecule has 0 unspecified atom stereocenters. The molecule has 0 aliphatic rings. The zero-order valence-electron chi connectivity index (χ0n) is 10.9. The molecule has 0 aliphatic heterocycles. The predicted molar refractivity (Wildman–Crippen MR) is 72.8 cm³/mol. The van der Waals surface area contributed by atoms with Gasteiger partial charge in [0, 0.05) is 24.4 Å². The number of allylic oxidation sites excluding steroid dienone is 1. The number of nitriles is 1. The lowest BCUT2D eigenvalue weighted by Crippen LogP contribution is -1.88. The molecule has 0 amide bonds. The first-order chi connectivity index (χ1) is 8.52. The summed E-state index contributed by atoms with van der Waals surface area (Å²) < 4.78 is 1.76. The third kappa shape index (κ3) is 2.05. The minimum atomic E-state index is 0.663. The summed E-state index contributed by atoms with van der Waals surface area (Å²) in [5.41, 5.74) is 5.54. The number of benzene rings is 1. The lowest BCUT2D eigenvalue weighted by atomic mass is 9.96. The Kier molecular flexibility index (Phi) is 3.03. The normalized spacial score (nSPS) is 10.1. The van der Waals surface area contributed by atoms with Gasteiger partial charge in [-0.1, -0.05) is 18.2 Å². The summed E-state index contributed by atoms with van der Waals surface area (Å²) in [6, 6.07) is 8.00. The van der Waals surface area contributed by atoms with Crippen molar-refractivity contribution in [2.45, 2.75) is 13.8 Å². The van der Waals surface area contributed by atoms with E-state index >= 15 is 0 Å². The molecule has 0 atom stereocenters. The van der Waals surface area contributed by atoms with E-state index in [1.807, 2.05) is 45.3 Å². The Morgan fingerprint density at radius 1 is 1.39 bits per heavy atom. The first kappa shape index (κ1) is 12.1. The molecule has 0 spiro atoms. The van der Waals surface area contributed by atoms with Crippen molar-refractivity contribution in [3.63, 3.8) is 0 Å². The van der Waals surface area contributed by atoms with Crippen LogP contribution in [0.2, 0.25) is 0 Å². The van der Waals surface area contributed by atoms with Crippen molar-refractivity contribution in [3.8, 4) is 17.2 Å². The number of aromatic nitrogens is 2. The van der Waals surface area contributed by atoms with Crippen LogP contribution in [0.1, 0.15) is 23.7 Å². The molecule has 3 nitrogen and oxygen atoms in total. The Hall–Kier alpha value is -2.34. The first-order valence-corrected chi connectivity index (χ1v) is 5.73. The summed E-state index contributed by atoms with van der Waals surface area (Å²) >= 11 is 0. The summed E-state index contributed by atoms with van der Waals surface area (Å²) in [6.45, 7) is 7.85. The molecule has 90 valence electrons. The number of hydrogen-bond acceptors (Lipinski definition) is 2. The van der Waals surface area contributed by atoms with Crippen LogP contribution in [0.15, 0.2) is 31.0 Å². The molecule has 3 heteroatoms. The maximum Gasteiger partial charge on any atom is 0.0998 e. The van der Waals surface area contributed by atoms with Crippen molar-refractivity contribution in [1.29, 1.82) is 5.26 Å². The number of rotatable bonds is 2. The molecule has 0 N–H and O–H groups in total. The van der Waals surface area contributed by atoms with Gasteiger partial charge in [-0.2, -0.15) is 10.4 Å². The fourth-order valence-electron chi connectivity index (χ4n) is 1.99. The second-order valence-electron chi connectivity index (χ2n) is 4.45. The van der Waals surface area contributed by atoms with E-state index in [4.69, 9.17) is 0 Å². The Morgan fingerprint density at radius 2 is 2.11 bits per heavy atom. The Bertz CT molecular complexity index is 657. The van der Waals surface area contributed by atoms with Crippen LogP contribution >= 0.6 is 0 Å². The molecule has 1 aromatic heterocycles. The molecule has 0 saturated carbocycles. The standard InChI is InChI=1S/C15H15N3/c1-10(2)12-5-6-13(8-16)14(7-12)15-9-18(4)17-11(15)3/h5-7,9H,1H2,2-4H3. The van der Waals surface area contributed by atoms with E-state index in [1.165, 1.54) is 0 Å². The quantitative estimate of drug-likeness (QED) is 0.804. The zero-order chi connectivity index (χ0) is 13.3. The lowest BCUT2D eigenvalue weighted by molar-refractivity contribution is 0.756. The van der Waals surface area contributed by atoms with E-state index < -0.39 is 0 Å². The van der Waals surface area contributed by atoms with Crippen LogP contribution in [-0.2, 0) is 7.05 Å². The van der Waals surface area contributed by atoms with E-state index in [-0.39, 0.29) is 0 Å². The van der Waals surface area contributed by atoms with Gasteiger partial charge in [0.2, 0.25) is 0 Å². The third-order valence-electron chi connectivity index (χ3n) is 2.94. The molecule has 1 heterocycles.